The number of benzene rings is 1. The third-order valence-corrected chi connectivity index (χ3v) is 5.30. The van der Waals surface area contributed by atoms with Gasteiger partial charge in [0.1, 0.15) is 18.1 Å². The molecule has 35 heavy (non-hydrogen) atoms. The van der Waals surface area contributed by atoms with Gasteiger partial charge in [-0.25, -0.2) is 14.4 Å². The van der Waals surface area contributed by atoms with Gasteiger partial charge in [-0.15, -0.1) is 0 Å². The minimum Gasteiger partial charge on any atom is -0.363 e. The topological polar surface area (TPSA) is 99.7 Å². The first-order valence-corrected chi connectivity index (χ1v) is 10.8. The maximum Gasteiger partial charge on any atom is 0.191 e. The highest BCUT2D eigenvalue weighted by molar-refractivity contribution is 5.74. The molecule has 0 saturated heterocycles. The highest BCUT2D eigenvalue weighted by atomic mass is 19.1. The van der Waals surface area contributed by atoms with Crippen LogP contribution in [0, 0.1) is 24.1 Å². The molecule has 172 valence electrons. The van der Waals surface area contributed by atoms with Gasteiger partial charge in [-0.1, -0.05) is 18.2 Å². The third kappa shape index (κ3) is 5.09. The molecule has 0 unspecified atom stereocenters. The molecule has 1 N–H and O–H groups in total. The molecule has 0 spiro atoms. The van der Waals surface area contributed by atoms with Gasteiger partial charge in [0.05, 0.1) is 16.9 Å². The van der Waals surface area contributed by atoms with Gasteiger partial charge in [0.15, 0.2) is 11.6 Å². The van der Waals surface area contributed by atoms with E-state index in [4.69, 9.17) is 0 Å². The molecule has 0 atom stereocenters. The Morgan fingerprint density at radius 3 is 2.66 bits per heavy atom. The maximum atomic E-state index is 15.3. The van der Waals surface area contributed by atoms with Crippen LogP contribution in [0.5, 0.6) is 0 Å². The fourth-order valence-corrected chi connectivity index (χ4v) is 3.65. The Balaban J connectivity index is 1.59. The number of pyridine rings is 2. The normalized spacial score (nSPS) is 10.8. The van der Waals surface area contributed by atoms with Crippen LogP contribution in [-0.4, -0.2) is 26.7 Å². The zero-order valence-corrected chi connectivity index (χ0v) is 19.3. The number of nitrogens with one attached hydrogen (secondary N) is 1. The van der Waals surface area contributed by atoms with Gasteiger partial charge in [0.25, 0.3) is 0 Å². The van der Waals surface area contributed by atoms with Crippen LogP contribution in [0.1, 0.15) is 29.3 Å². The number of hydrogen-bond donors (Lipinski definition) is 1. The molecule has 0 radical (unpaired) electrons. The molecule has 8 heteroatoms. The first-order chi connectivity index (χ1) is 17.0. The summed E-state index contributed by atoms with van der Waals surface area (Å²) in [4.78, 5) is 20.8. The molecule has 4 rings (SSSR count). The first-order valence-electron chi connectivity index (χ1n) is 10.8. The van der Waals surface area contributed by atoms with Crippen molar-refractivity contribution in [3.05, 3.63) is 89.4 Å². The van der Waals surface area contributed by atoms with Crippen molar-refractivity contribution in [3.63, 3.8) is 0 Å². The van der Waals surface area contributed by atoms with Gasteiger partial charge < -0.3 is 5.32 Å². The molecule has 0 saturated carbocycles. The Kier molecular flexibility index (Phi) is 6.98. The van der Waals surface area contributed by atoms with Gasteiger partial charge in [-0.2, -0.15) is 5.26 Å². The summed E-state index contributed by atoms with van der Waals surface area (Å²) >= 11 is 0. The van der Waals surface area contributed by atoms with E-state index < -0.39 is 5.82 Å². The van der Waals surface area contributed by atoms with Crippen LogP contribution < -0.4 is 5.32 Å². The molecule has 3 heterocycles. The van der Waals surface area contributed by atoms with Crippen LogP contribution in [0.2, 0.25) is 0 Å². The predicted octanol–water partition coefficient (Wildman–Crippen LogP) is 5.90. The number of aliphatic imine (C=N–C) groups is 1. The van der Waals surface area contributed by atoms with E-state index in [9.17, 15) is 5.26 Å². The van der Waals surface area contributed by atoms with E-state index in [2.05, 4.69) is 43.0 Å². The van der Waals surface area contributed by atoms with E-state index in [1.54, 1.807) is 30.6 Å². The van der Waals surface area contributed by atoms with Crippen molar-refractivity contribution >= 4 is 24.3 Å². The summed E-state index contributed by atoms with van der Waals surface area (Å²) in [5, 5.41) is 12.6. The first kappa shape index (κ1) is 23.4. The Morgan fingerprint density at radius 2 is 1.91 bits per heavy atom. The fourth-order valence-electron chi connectivity index (χ4n) is 3.65. The van der Waals surface area contributed by atoms with Crippen LogP contribution in [0.15, 0.2) is 66.2 Å². The molecule has 0 aliphatic heterocycles. The Labute approximate surface area is 202 Å². The van der Waals surface area contributed by atoms with Gasteiger partial charge in [0, 0.05) is 41.3 Å². The van der Waals surface area contributed by atoms with E-state index in [1.807, 2.05) is 44.2 Å². The average Bonchev–Trinajstić information content (AvgIpc) is 2.88. The number of hydrogen-bond acceptors (Lipinski definition) is 7. The summed E-state index contributed by atoms with van der Waals surface area (Å²) in [5.41, 5.74) is 5.64. The lowest BCUT2D eigenvalue weighted by atomic mass is 10.0. The predicted molar refractivity (Wildman–Crippen MR) is 136 cm³/mol. The summed E-state index contributed by atoms with van der Waals surface area (Å²) in [6.07, 6.45) is 8.40. The largest absolute Gasteiger partial charge is 0.363 e. The van der Waals surface area contributed by atoms with Gasteiger partial charge in [-0.05, 0) is 56.5 Å². The number of rotatable bonds is 7. The van der Waals surface area contributed by atoms with Crippen molar-refractivity contribution in [2.75, 3.05) is 5.32 Å². The van der Waals surface area contributed by atoms with Crippen LogP contribution >= 0.6 is 0 Å². The van der Waals surface area contributed by atoms with Crippen LogP contribution in [0.25, 0.3) is 28.6 Å². The van der Waals surface area contributed by atoms with Crippen molar-refractivity contribution in [2.24, 2.45) is 4.99 Å². The molecule has 0 fully saturated rings. The van der Waals surface area contributed by atoms with Crippen LogP contribution in [-0.2, 0) is 6.54 Å². The quantitative estimate of drug-likeness (QED) is 0.343. The lowest BCUT2D eigenvalue weighted by Gasteiger charge is -2.11. The number of halogens is 1. The Morgan fingerprint density at radius 1 is 1.09 bits per heavy atom. The molecule has 1 aromatic carbocycles. The molecule has 0 aliphatic carbocycles. The highest BCUT2D eigenvalue weighted by Crippen LogP contribution is 2.30. The molecule has 0 amide bonds. The Bertz CT molecular complexity index is 1470. The second kappa shape index (κ2) is 10.4. The average molecular weight is 464 g/mol. The number of allylic oxidation sites excluding steroid dienone is 1. The molecule has 4 aromatic rings. The molecule has 0 bridgehead atoms. The third-order valence-electron chi connectivity index (χ3n) is 5.30. The molecular formula is C27H22FN7. The van der Waals surface area contributed by atoms with Crippen molar-refractivity contribution in [3.8, 4) is 28.6 Å². The summed E-state index contributed by atoms with van der Waals surface area (Å²) in [5.74, 6) is -0.517. The van der Waals surface area contributed by atoms with E-state index in [0.717, 1.165) is 16.8 Å². The van der Waals surface area contributed by atoms with Crippen molar-refractivity contribution < 1.29 is 4.39 Å². The number of aromatic nitrogens is 4. The number of aryl methyl sites for hydroxylation is 1. The van der Waals surface area contributed by atoms with E-state index in [0.29, 0.717) is 28.1 Å². The monoisotopic (exact) mass is 463 g/mol. The molecular weight excluding hydrogens is 441 g/mol. The van der Waals surface area contributed by atoms with Gasteiger partial charge in [-0.3, -0.25) is 15.0 Å². The highest BCUT2D eigenvalue weighted by Gasteiger charge is 2.15. The number of anilines is 1. The summed E-state index contributed by atoms with van der Waals surface area (Å²) in [6.45, 7) is 7.58. The minimum atomic E-state index is -0.574. The SMILES string of the molecule is C=Nc1ccc(-c2ncnc(NCc3cnc(-c4ccnc(C)c4)c(C#N)c3)c2F)cc1/C=C\C. The standard InChI is InChI=1S/C27H22FN7/c1-4-5-19-12-20(6-7-23(19)30-3)26-24(28)27(35-16-34-26)33-15-18-11-22(13-29)25(32-14-18)21-8-9-31-17(2)10-21/h4-12,14,16H,3,15H2,1-2H3,(H,33,34,35)/b5-4-. The molecule has 3 aromatic heterocycles. The van der Waals surface area contributed by atoms with E-state index in [1.165, 1.54) is 6.33 Å². The zero-order chi connectivity index (χ0) is 24.8. The van der Waals surface area contributed by atoms with Gasteiger partial charge >= 0.3 is 0 Å². The number of nitriles is 1. The van der Waals surface area contributed by atoms with Crippen molar-refractivity contribution in [2.45, 2.75) is 20.4 Å². The lowest BCUT2D eigenvalue weighted by molar-refractivity contribution is 0.621. The number of nitrogens with zero attached hydrogens (tertiary/aromatic N) is 6. The van der Waals surface area contributed by atoms with Gasteiger partial charge in [0.2, 0.25) is 0 Å². The second-order valence-electron chi connectivity index (χ2n) is 7.71. The summed E-state index contributed by atoms with van der Waals surface area (Å²) in [7, 11) is 0. The lowest BCUT2D eigenvalue weighted by Crippen LogP contribution is -2.07. The van der Waals surface area contributed by atoms with E-state index in [-0.39, 0.29) is 18.1 Å². The van der Waals surface area contributed by atoms with Crippen LogP contribution in [0.4, 0.5) is 15.9 Å². The smallest absolute Gasteiger partial charge is 0.191 e. The van der Waals surface area contributed by atoms with E-state index >= 15 is 4.39 Å². The fraction of sp³-hybridized carbons (Fsp3) is 0.111. The minimum absolute atomic E-state index is 0.0563. The Hall–Kier alpha value is -4.77. The molecule has 7 nitrogen and oxygen atoms in total. The molecule has 0 aliphatic rings. The summed E-state index contributed by atoms with van der Waals surface area (Å²) < 4.78 is 15.3. The second-order valence-corrected chi connectivity index (χ2v) is 7.71. The summed E-state index contributed by atoms with van der Waals surface area (Å²) in [6, 6.07) is 12.9. The van der Waals surface area contributed by atoms with Crippen molar-refractivity contribution in [1.29, 1.82) is 5.26 Å². The van der Waals surface area contributed by atoms with Crippen molar-refractivity contribution in [1.82, 2.24) is 19.9 Å². The van der Waals surface area contributed by atoms with Crippen LogP contribution in [0.3, 0.4) is 0 Å². The zero-order valence-electron chi connectivity index (χ0n) is 19.3. The maximum absolute atomic E-state index is 15.3.